The van der Waals surface area contributed by atoms with Gasteiger partial charge in [-0.1, -0.05) is 66.7 Å². The van der Waals surface area contributed by atoms with Crippen molar-refractivity contribution in [3.63, 3.8) is 0 Å². The Bertz CT molecular complexity index is 1130. The molecule has 1 N–H and O–H groups in total. The molecule has 4 rings (SSSR count). The van der Waals surface area contributed by atoms with Gasteiger partial charge in [0.1, 0.15) is 0 Å². The first kappa shape index (κ1) is 15.8. The number of carbonyl (C=O) groups is 1. The summed E-state index contributed by atoms with van der Waals surface area (Å²) in [5, 5.41) is 1.39. The molecule has 0 fully saturated rings. The molecule has 0 aliphatic heterocycles. The number of aromatic nitrogens is 1. The van der Waals surface area contributed by atoms with Crippen molar-refractivity contribution in [1.29, 1.82) is 0 Å². The van der Waals surface area contributed by atoms with Gasteiger partial charge in [-0.05, 0) is 29.7 Å². The van der Waals surface area contributed by atoms with E-state index in [9.17, 15) is 9.59 Å². The van der Waals surface area contributed by atoms with Gasteiger partial charge in [0.25, 0.3) is 11.5 Å². The number of nitrogens with zero attached hydrogens (tertiary/aromatic N) is 1. The molecule has 0 aliphatic carbocycles. The summed E-state index contributed by atoms with van der Waals surface area (Å²) >= 11 is 0. The molecule has 0 saturated carbocycles. The van der Waals surface area contributed by atoms with Crippen molar-refractivity contribution in [2.75, 3.05) is 5.43 Å². The Kier molecular flexibility index (Phi) is 4.07. The van der Waals surface area contributed by atoms with Gasteiger partial charge < -0.3 is 0 Å². The lowest BCUT2D eigenvalue weighted by molar-refractivity contribution is 0.101. The van der Waals surface area contributed by atoms with E-state index in [0.29, 0.717) is 16.6 Å². The smallest absolute Gasteiger partial charge is 0.267 e. The van der Waals surface area contributed by atoms with Crippen LogP contribution in [0.15, 0.2) is 95.8 Å². The van der Waals surface area contributed by atoms with E-state index in [1.165, 1.54) is 4.68 Å². The van der Waals surface area contributed by atoms with E-state index in [1.807, 2.05) is 60.7 Å². The van der Waals surface area contributed by atoms with Crippen molar-refractivity contribution >= 4 is 16.7 Å². The summed E-state index contributed by atoms with van der Waals surface area (Å²) in [6, 6.07) is 27.7. The van der Waals surface area contributed by atoms with Gasteiger partial charge in [0.2, 0.25) is 0 Å². The first-order chi connectivity index (χ1) is 12.7. The largest absolute Gasteiger partial charge is 0.277 e. The summed E-state index contributed by atoms with van der Waals surface area (Å²) in [7, 11) is 0. The molecule has 1 amide bonds. The number of carbonyl (C=O) groups excluding carboxylic acids is 1. The van der Waals surface area contributed by atoms with E-state index >= 15 is 0 Å². The number of hydrogen-bond donors (Lipinski definition) is 1. The molecule has 0 unspecified atom stereocenters. The predicted molar refractivity (Wildman–Crippen MR) is 104 cm³/mol. The summed E-state index contributed by atoms with van der Waals surface area (Å²) in [6.45, 7) is 0. The van der Waals surface area contributed by atoms with E-state index in [0.717, 1.165) is 10.9 Å². The van der Waals surface area contributed by atoms with Crippen molar-refractivity contribution in [1.82, 2.24) is 4.68 Å². The van der Waals surface area contributed by atoms with Crippen LogP contribution < -0.4 is 11.0 Å². The lowest BCUT2D eigenvalue weighted by Crippen LogP contribution is -2.34. The predicted octanol–water partition coefficient (Wildman–Crippen LogP) is 4.05. The van der Waals surface area contributed by atoms with Crippen molar-refractivity contribution < 1.29 is 4.79 Å². The fourth-order valence-corrected chi connectivity index (χ4v) is 2.95. The highest BCUT2D eigenvalue weighted by Gasteiger charge is 2.14. The summed E-state index contributed by atoms with van der Waals surface area (Å²) in [6.07, 6.45) is 0. The van der Waals surface area contributed by atoms with Crippen LogP contribution in [0.5, 0.6) is 0 Å². The zero-order valence-corrected chi connectivity index (χ0v) is 13.9. The Balaban J connectivity index is 1.90. The van der Waals surface area contributed by atoms with Crippen molar-refractivity contribution in [3.05, 3.63) is 107 Å². The summed E-state index contributed by atoms with van der Waals surface area (Å²) < 4.78 is 1.33. The van der Waals surface area contributed by atoms with Crippen molar-refractivity contribution in [2.45, 2.75) is 0 Å². The molecule has 3 aromatic carbocycles. The molecule has 126 valence electrons. The van der Waals surface area contributed by atoms with Crippen LogP contribution in [-0.4, -0.2) is 10.6 Å². The van der Waals surface area contributed by atoms with Gasteiger partial charge >= 0.3 is 0 Å². The third-order valence-corrected chi connectivity index (χ3v) is 4.25. The number of fused-ring (bicyclic) bond motifs is 1. The SMILES string of the molecule is O=C(Nn1c(-c2ccccc2)cc2ccccc2c1=O)c1ccccc1. The molecule has 4 heteroatoms. The lowest BCUT2D eigenvalue weighted by atomic mass is 10.1. The maximum Gasteiger partial charge on any atom is 0.277 e. The highest BCUT2D eigenvalue weighted by molar-refractivity contribution is 6.00. The number of rotatable bonds is 3. The average Bonchev–Trinajstić information content (AvgIpc) is 2.71. The summed E-state index contributed by atoms with van der Waals surface area (Å²) in [4.78, 5) is 25.7. The molecule has 0 spiro atoms. The van der Waals surface area contributed by atoms with Gasteiger partial charge in [-0.15, -0.1) is 0 Å². The molecule has 0 bridgehead atoms. The van der Waals surface area contributed by atoms with E-state index in [-0.39, 0.29) is 11.5 Å². The monoisotopic (exact) mass is 340 g/mol. The number of nitrogens with one attached hydrogen (secondary N) is 1. The van der Waals surface area contributed by atoms with Crippen LogP contribution in [0.25, 0.3) is 22.0 Å². The molecule has 0 radical (unpaired) electrons. The minimum atomic E-state index is -0.333. The van der Waals surface area contributed by atoms with E-state index in [2.05, 4.69) is 5.43 Å². The molecular weight excluding hydrogens is 324 g/mol. The standard InChI is InChI=1S/C22H16N2O2/c25-21(17-11-5-2-6-12-17)23-24-20(16-9-3-1-4-10-16)15-18-13-7-8-14-19(18)22(24)26/h1-15H,(H,23,25). The van der Waals surface area contributed by atoms with Crippen LogP contribution in [0, 0.1) is 0 Å². The average molecular weight is 340 g/mol. The van der Waals surface area contributed by atoms with E-state index in [1.54, 1.807) is 30.3 Å². The second-order valence-electron chi connectivity index (χ2n) is 5.93. The Hall–Kier alpha value is -3.66. The van der Waals surface area contributed by atoms with Gasteiger partial charge in [0.05, 0.1) is 5.69 Å². The maximum atomic E-state index is 13.0. The second kappa shape index (κ2) is 6.69. The second-order valence-corrected chi connectivity index (χ2v) is 5.93. The number of pyridine rings is 1. The zero-order valence-electron chi connectivity index (χ0n) is 13.9. The molecule has 1 heterocycles. The highest BCUT2D eigenvalue weighted by Crippen LogP contribution is 2.21. The van der Waals surface area contributed by atoms with Crippen LogP contribution in [0.2, 0.25) is 0 Å². The fourth-order valence-electron chi connectivity index (χ4n) is 2.95. The first-order valence-electron chi connectivity index (χ1n) is 8.31. The third-order valence-electron chi connectivity index (χ3n) is 4.25. The molecular formula is C22H16N2O2. The molecule has 1 aromatic heterocycles. The Morgan fingerprint density at radius 3 is 2.12 bits per heavy atom. The molecule has 26 heavy (non-hydrogen) atoms. The molecule has 4 nitrogen and oxygen atoms in total. The van der Waals surface area contributed by atoms with Crippen LogP contribution in [0.1, 0.15) is 10.4 Å². The number of benzene rings is 3. The quantitative estimate of drug-likeness (QED) is 0.612. The van der Waals surface area contributed by atoms with Crippen LogP contribution in [0.4, 0.5) is 0 Å². The van der Waals surface area contributed by atoms with Gasteiger partial charge in [0, 0.05) is 16.5 Å². The first-order valence-corrected chi connectivity index (χ1v) is 8.31. The minimum absolute atomic E-state index is 0.258. The number of amides is 1. The fraction of sp³-hybridized carbons (Fsp3) is 0. The van der Waals surface area contributed by atoms with Crippen molar-refractivity contribution in [3.8, 4) is 11.3 Å². The van der Waals surface area contributed by atoms with Crippen LogP contribution in [0.3, 0.4) is 0 Å². The van der Waals surface area contributed by atoms with Crippen molar-refractivity contribution in [2.24, 2.45) is 0 Å². The minimum Gasteiger partial charge on any atom is -0.267 e. The lowest BCUT2D eigenvalue weighted by Gasteiger charge is -2.15. The summed E-state index contributed by atoms with van der Waals surface area (Å²) in [5.74, 6) is -0.333. The zero-order chi connectivity index (χ0) is 17.9. The molecule has 0 saturated heterocycles. The number of hydrogen-bond acceptors (Lipinski definition) is 2. The van der Waals surface area contributed by atoms with Crippen LogP contribution in [-0.2, 0) is 0 Å². The van der Waals surface area contributed by atoms with Gasteiger partial charge in [-0.2, -0.15) is 0 Å². The van der Waals surface area contributed by atoms with Gasteiger partial charge in [-0.3, -0.25) is 15.0 Å². The Morgan fingerprint density at radius 1 is 0.769 bits per heavy atom. The topological polar surface area (TPSA) is 51.1 Å². The van der Waals surface area contributed by atoms with E-state index < -0.39 is 0 Å². The molecule has 4 aromatic rings. The third kappa shape index (κ3) is 2.89. The van der Waals surface area contributed by atoms with Crippen LogP contribution >= 0.6 is 0 Å². The Labute approximate surface area is 150 Å². The maximum absolute atomic E-state index is 13.0. The van der Waals surface area contributed by atoms with Gasteiger partial charge in [0.15, 0.2) is 0 Å². The van der Waals surface area contributed by atoms with Gasteiger partial charge in [-0.25, -0.2) is 4.68 Å². The molecule has 0 aliphatic rings. The molecule has 0 atom stereocenters. The summed E-state index contributed by atoms with van der Waals surface area (Å²) in [5.41, 5.74) is 4.47. The highest BCUT2D eigenvalue weighted by atomic mass is 16.2. The Morgan fingerprint density at radius 2 is 1.38 bits per heavy atom. The van der Waals surface area contributed by atoms with E-state index in [4.69, 9.17) is 0 Å². The normalized spacial score (nSPS) is 10.6.